The summed E-state index contributed by atoms with van der Waals surface area (Å²) in [4.78, 5) is 10.8. The third kappa shape index (κ3) is 1.66. The highest BCUT2D eigenvalue weighted by Gasteiger charge is 2.18. The number of halogens is 2. The topological polar surface area (TPSA) is 30.1 Å². The monoisotopic (exact) mass is 201 g/mol. The molecule has 0 aromatic carbocycles. The summed E-state index contributed by atoms with van der Waals surface area (Å²) in [5, 5.41) is 0.497. The molecule has 1 unspecified atom stereocenters. The molecule has 0 bridgehead atoms. The van der Waals surface area contributed by atoms with E-state index >= 15 is 0 Å². The first-order valence-corrected chi connectivity index (χ1v) is 3.95. The molecule has 1 heterocycles. The molecule has 0 fully saturated rings. The maximum atomic E-state index is 6.79. The van der Waals surface area contributed by atoms with Crippen molar-refractivity contribution in [2.75, 3.05) is 0 Å². The molecule has 0 aliphatic heterocycles. The lowest BCUT2D eigenvalue weighted by Crippen LogP contribution is -1.94. The second kappa shape index (κ2) is 3.70. The van der Waals surface area contributed by atoms with Crippen LogP contribution in [0, 0.1) is 6.57 Å². The highest BCUT2D eigenvalue weighted by Crippen LogP contribution is 2.28. The fraction of sp³-hybridized carbons (Fsp3) is 0.286. The molecule has 0 amide bonds. The van der Waals surface area contributed by atoms with Crippen LogP contribution in [0.5, 0.6) is 0 Å². The van der Waals surface area contributed by atoms with Gasteiger partial charge in [0, 0.05) is 6.92 Å². The van der Waals surface area contributed by atoms with Crippen LogP contribution in [-0.2, 0) is 0 Å². The lowest BCUT2D eigenvalue weighted by molar-refractivity contribution is 0.926. The Kier molecular flexibility index (Phi) is 2.85. The smallest absolute Gasteiger partial charge is 0.251 e. The van der Waals surface area contributed by atoms with E-state index in [4.69, 9.17) is 29.8 Å². The van der Waals surface area contributed by atoms with E-state index in [0.717, 1.165) is 0 Å². The average molecular weight is 202 g/mol. The van der Waals surface area contributed by atoms with Gasteiger partial charge in [0.25, 0.3) is 6.04 Å². The van der Waals surface area contributed by atoms with Gasteiger partial charge >= 0.3 is 0 Å². The molecule has 3 nitrogen and oxygen atoms in total. The van der Waals surface area contributed by atoms with Gasteiger partial charge in [-0.1, -0.05) is 23.2 Å². The molecule has 1 atom stereocenters. The number of aromatic nitrogens is 2. The van der Waals surface area contributed by atoms with Gasteiger partial charge in [0.15, 0.2) is 0 Å². The average Bonchev–Trinajstić information content (AvgIpc) is 2.03. The second-order valence-electron chi connectivity index (χ2n) is 2.17. The van der Waals surface area contributed by atoms with Crippen molar-refractivity contribution >= 4 is 23.2 Å². The van der Waals surface area contributed by atoms with Crippen LogP contribution < -0.4 is 0 Å². The molecular formula is C7H5Cl2N3. The zero-order valence-electron chi connectivity index (χ0n) is 6.25. The van der Waals surface area contributed by atoms with Gasteiger partial charge in [-0.15, -0.1) is 0 Å². The van der Waals surface area contributed by atoms with Gasteiger partial charge in [-0.25, -0.2) is 16.5 Å². The Bertz CT molecular complexity index is 312. The highest BCUT2D eigenvalue weighted by molar-refractivity contribution is 6.34. The summed E-state index contributed by atoms with van der Waals surface area (Å²) >= 11 is 11.4. The Morgan fingerprint density at radius 2 is 1.92 bits per heavy atom. The third-order valence-electron chi connectivity index (χ3n) is 1.40. The molecular weight excluding hydrogens is 197 g/mol. The van der Waals surface area contributed by atoms with E-state index in [9.17, 15) is 0 Å². The standard InChI is InChI=1S/C7H5Cl2N3/c1-4(10-2)5-6(8)11-3-12-7(5)9/h3-4H,1H3. The number of rotatable bonds is 1. The Balaban J connectivity index is 3.23. The number of hydrogen-bond acceptors (Lipinski definition) is 2. The largest absolute Gasteiger partial charge is 0.309 e. The van der Waals surface area contributed by atoms with Crippen LogP contribution in [0.4, 0.5) is 0 Å². The van der Waals surface area contributed by atoms with E-state index in [1.165, 1.54) is 6.33 Å². The quantitative estimate of drug-likeness (QED) is 0.517. The van der Waals surface area contributed by atoms with Gasteiger partial charge in [0.2, 0.25) is 0 Å². The van der Waals surface area contributed by atoms with E-state index in [0.29, 0.717) is 5.56 Å². The van der Waals surface area contributed by atoms with Crippen molar-refractivity contribution in [2.24, 2.45) is 0 Å². The molecule has 5 heteroatoms. The lowest BCUT2D eigenvalue weighted by Gasteiger charge is -2.02. The third-order valence-corrected chi connectivity index (χ3v) is 2.00. The molecule has 1 aromatic heterocycles. The minimum absolute atomic E-state index is 0.249. The first kappa shape index (κ1) is 9.24. The van der Waals surface area contributed by atoms with Gasteiger partial charge in [0.1, 0.15) is 22.2 Å². The fourth-order valence-electron chi connectivity index (χ4n) is 0.764. The Labute approximate surface area is 80.2 Å². The van der Waals surface area contributed by atoms with E-state index < -0.39 is 6.04 Å². The SMILES string of the molecule is [C-]#[N+]C(C)c1c(Cl)ncnc1Cl. The minimum atomic E-state index is -0.397. The lowest BCUT2D eigenvalue weighted by atomic mass is 10.2. The van der Waals surface area contributed by atoms with E-state index in [1.807, 2.05) is 0 Å². The van der Waals surface area contributed by atoms with Gasteiger partial charge in [-0.2, -0.15) is 0 Å². The molecule has 1 rings (SSSR count). The van der Waals surface area contributed by atoms with Crippen molar-refractivity contribution in [2.45, 2.75) is 13.0 Å². The fourth-order valence-corrected chi connectivity index (χ4v) is 1.39. The van der Waals surface area contributed by atoms with Crippen molar-refractivity contribution in [3.8, 4) is 0 Å². The molecule has 0 aliphatic rings. The zero-order valence-corrected chi connectivity index (χ0v) is 7.76. The summed E-state index contributed by atoms with van der Waals surface area (Å²) in [6.45, 7) is 8.49. The van der Waals surface area contributed by atoms with Crippen molar-refractivity contribution in [3.63, 3.8) is 0 Å². The van der Waals surface area contributed by atoms with Gasteiger partial charge < -0.3 is 4.85 Å². The Morgan fingerprint density at radius 3 is 2.33 bits per heavy atom. The van der Waals surface area contributed by atoms with Crippen LogP contribution in [0.25, 0.3) is 4.85 Å². The zero-order chi connectivity index (χ0) is 9.14. The number of hydrogen-bond donors (Lipinski definition) is 0. The second-order valence-corrected chi connectivity index (χ2v) is 2.89. The molecule has 1 aromatic rings. The molecule has 0 radical (unpaired) electrons. The predicted octanol–water partition coefficient (Wildman–Crippen LogP) is 2.76. The summed E-state index contributed by atoms with van der Waals surface area (Å²) in [5.74, 6) is 0. The number of nitrogens with zero attached hydrogens (tertiary/aromatic N) is 3. The maximum absolute atomic E-state index is 6.79. The summed E-state index contributed by atoms with van der Waals surface area (Å²) < 4.78 is 0. The van der Waals surface area contributed by atoms with E-state index in [-0.39, 0.29) is 10.3 Å². The van der Waals surface area contributed by atoms with Crippen LogP contribution >= 0.6 is 23.2 Å². The molecule has 12 heavy (non-hydrogen) atoms. The molecule has 0 spiro atoms. The molecule has 0 N–H and O–H groups in total. The summed E-state index contributed by atoms with van der Waals surface area (Å²) in [5.41, 5.74) is 0.496. The van der Waals surface area contributed by atoms with Crippen molar-refractivity contribution in [1.82, 2.24) is 9.97 Å². The molecule has 0 aliphatic carbocycles. The first-order chi connectivity index (χ1) is 5.66. The van der Waals surface area contributed by atoms with Gasteiger partial charge in [-0.05, 0) is 0 Å². The van der Waals surface area contributed by atoms with Gasteiger partial charge in [-0.3, -0.25) is 0 Å². The van der Waals surface area contributed by atoms with Crippen molar-refractivity contribution in [1.29, 1.82) is 0 Å². The molecule has 0 saturated carbocycles. The van der Waals surface area contributed by atoms with Crippen LogP contribution in [0.1, 0.15) is 18.5 Å². The van der Waals surface area contributed by atoms with Gasteiger partial charge in [0.05, 0.1) is 0 Å². The maximum Gasteiger partial charge on any atom is 0.251 e. The molecule has 0 saturated heterocycles. The summed E-state index contributed by atoms with van der Waals surface area (Å²) in [7, 11) is 0. The summed E-state index contributed by atoms with van der Waals surface area (Å²) in [6, 6.07) is -0.397. The van der Waals surface area contributed by atoms with E-state index in [1.54, 1.807) is 6.92 Å². The normalized spacial score (nSPS) is 12.2. The van der Waals surface area contributed by atoms with E-state index in [2.05, 4.69) is 14.8 Å². The summed E-state index contributed by atoms with van der Waals surface area (Å²) in [6.07, 6.45) is 1.27. The first-order valence-electron chi connectivity index (χ1n) is 3.19. The Hall–Kier alpha value is -0.850. The van der Waals surface area contributed by atoms with Crippen LogP contribution in [0.3, 0.4) is 0 Å². The van der Waals surface area contributed by atoms with Crippen molar-refractivity contribution < 1.29 is 0 Å². The molecule has 62 valence electrons. The highest BCUT2D eigenvalue weighted by atomic mass is 35.5. The van der Waals surface area contributed by atoms with Crippen molar-refractivity contribution in [3.05, 3.63) is 33.6 Å². The van der Waals surface area contributed by atoms with Crippen LogP contribution in [0.15, 0.2) is 6.33 Å². The van der Waals surface area contributed by atoms with Crippen LogP contribution in [0.2, 0.25) is 10.3 Å². The minimum Gasteiger partial charge on any atom is -0.309 e. The van der Waals surface area contributed by atoms with Crippen LogP contribution in [-0.4, -0.2) is 9.97 Å². The predicted molar refractivity (Wildman–Crippen MR) is 47.1 cm³/mol. The Morgan fingerprint density at radius 1 is 1.42 bits per heavy atom.